The average Bonchev–Trinajstić information content (AvgIpc) is 2.67. The third kappa shape index (κ3) is 2.81. The number of hydrogen-bond acceptors (Lipinski definition) is 4. The van der Waals surface area contributed by atoms with E-state index in [1.54, 1.807) is 0 Å². The van der Waals surface area contributed by atoms with Crippen LogP contribution in [-0.4, -0.2) is 52.2 Å². The van der Waals surface area contributed by atoms with E-state index in [0.29, 0.717) is 0 Å². The molecule has 1 saturated heterocycles. The second-order valence-corrected chi connectivity index (χ2v) is 6.10. The molecule has 0 spiro atoms. The third-order valence-electron chi connectivity index (χ3n) is 4.73. The van der Waals surface area contributed by atoms with Gasteiger partial charge in [-0.2, -0.15) is 0 Å². The van der Waals surface area contributed by atoms with Crippen LogP contribution in [0.3, 0.4) is 0 Å². The summed E-state index contributed by atoms with van der Waals surface area (Å²) in [5.74, 6) is -1.22. The molecule has 4 N–H and O–H groups in total. The molecule has 0 bridgehead atoms. The molecule has 1 unspecified atom stereocenters. The minimum absolute atomic E-state index is 0.109. The number of aliphatic hydroxyl groups excluding tert-OH is 1. The van der Waals surface area contributed by atoms with Crippen molar-refractivity contribution in [2.24, 2.45) is 11.1 Å². The normalized spacial score (nSPS) is 30.0. The summed E-state index contributed by atoms with van der Waals surface area (Å²) in [6.07, 6.45) is 4.92. The smallest absolute Gasteiger partial charge is 0.326 e. The van der Waals surface area contributed by atoms with Gasteiger partial charge >= 0.3 is 5.97 Å². The Hall–Kier alpha value is -1.14. The van der Waals surface area contributed by atoms with Gasteiger partial charge < -0.3 is 20.8 Å². The van der Waals surface area contributed by atoms with Gasteiger partial charge in [-0.15, -0.1) is 0 Å². The number of rotatable bonds is 3. The van der Waals surface area contributed by atoms with E-state index in [1.807, 2.05) is 0 Å². The summed E-state index contributed by atoms with van der Waals surface area (Å²) in [4.78, 5) is 25.4. The lowest BCUT2D eigenvalue weighted by atomic mass is 9.79. The van der Waals surface area contributed by atoms with E-state index in [4.69, 9.17) is 5.73 Å². The minimum Gasteiger partial charge on any atom is -0.480 e. The van der Waals surface area contributed by atoms with Gasteiger partial charge in [0.25, 0.3) is 0 Å². The van der Waals surface area contributed by atoms with Crippen molar-refractivity contribution in [2.75, 3.05) is 13.1 Å². The SMILES string of the molecule is NCC1(C(=O)N2CC(O)C[C@H]2C(=O)O)CCCCCC1. The summed E-state index contributed by atoms with van der Waals surface area (Å²) < 4.78 is 0. The Morgan fingerprint density at radius 1 is 1.20 bits per heavy atom. The molecule has 20 heavy (non-hydrogen) atoms. The number of carbonyl (C=O) groups excluding carboxylic acids is 1. The van der Waals surface area contributed by atoms with Gasteiger partial charge in [0, 0.05) is 19.5 Å². The van der Waals surface area contributed by atoms with Crippen LogP contribution in [0.1, 0.15) is 44.9 Å². The van der Waals surface area contributed by atoms with Crippen molar-refractivity contribution in [3.63, 3.8) is 0 Å². The molecule has 2 fully saturated rings. The highest BCUT2D eigenvalue weighted by Gasteiger charge is 2.47. The van der Waals surface area contributed by atoms with E-state index < -0.39 is 23.5 Å². The molecule has 1 aliphatic heterocycles. The van der Waals surface area contributed by atoms with Crippen molar-refractivity contribution in [3.05, 3.63) is 0 Å². The van der Waals surface area contributed by atoms with Crippen molar-refractivity contribution >= 4 is 11.9 Å². The molecule has 1 amide bonds. The fraction of sp³-hybridized carbons (Fsp3) is 0.857. The quantitative estimate of drug-likeness (QED) is 0.648. The van der Waals surface area contributed by atoms with Crippen LogP contribution in [0.15, 0.2) is 0 Å². The molecule has 0 radical (unpaired) electrons. The van der Waals surface area contributed by atoms with Crippen LogP contribution in [0.25, 0.3) is 0 Å². The number of likely N-dealkylation sites (tertiary alicyclic amines) is 1. The van der Waals surface area contributed by atoms with E-state index in [1.165, 1.54) is 4.90 Å². The van der Waals surface area contributed by atoms with Gasteiger partial charge in [0.05, 0.1) is 11.5 Å². The largest absolute Gasteiger partial charge is 0.480 e. The fourth-order valence-corrected chi connectivity index (χ4v) is 3.49. The van der Waals surface area contributed by atoms with Crippen LogP contribution in [0.4, 0.5) is 0 Å². The zero-order chi connectivity index (χ0) is 14.8. The van der Waals surface area contributed by atoms with Crippen molar-refractivity contribution in [3.8, 4) is 0 Å². The molecule has 2 atom stereocenters. The third-order valence-corrected chi connectivity index (χ3v) is 4.73. The van der Waals surface area contributed by atoms with Gasteiger partial charge in [0.15, 0.2) is 0 Å². The first kappa shape index (κ1) is 15.3. The summed E-state index contributed by atoms with van der Waals surface area (Å²) in [6, 6.07) is -0.913. The Kier molecular flexibility index (Phi) is 4.65. The lowest BCUT2D eigenvalue weighted by molar-refractivity contribution is -0.153. The standard InChI is InChI=1S/C14H24N2O4/c15-9-14(5-3-1-2-4-6-14)13(20)16-8-10(17)7-11(16)12(18)19/h10-11,17H,1-9,15H2,(H,18,19)/t10?,11-/m0/s1. The van der Waals surface area contributed by atoms with Crippen LogP contribution in [0, 0.1) is 5.41 Å². The summed E-state index contributed by atoms with van der Waals surface area (Å²) in [5.41, 5.74) is 5.24. The van der Waals surface area contributed by atoms with Crippen molar-refractivity contribution in [2.45, 2.75) is 57.1 Å². The fourth-order valence-electron chi connectivity index (χ4n) is 3.49. The van der Waals surface area contributed by atoms with Crippen LogP contribution in [-0.2, 0) is 9.59 Å². The molecule has 2 aliphatic rings. The molecule has 0 aromatic rings. The van der Waals surface area contributed by atoms with E-state index in [-0.39, 0.29) is 25.4 Å². The molecule has 114 valence electrons. The molecule has 6 nitrogen and oxygen atoms in total. The monoisotopic (exact) mass is 284 g/mol. The maximum absolute atomic E-state index is 12.8. The Morgan fingerprint density at radius 2 is 1.80 bits per heavy atom. The van der Waals surface area contributed by atoms with Gasteiger partial charge in [0.1, 0.15) is 6.04 Å². The lowest BCUT2D eigenvalue weighted by Crippen LogP contribution is -2.51. The number of β-amino-alcohol motifs (C(OH)–C–C–N with tert-alkyl or cyclic N) is 1. The van der Waals surface area contributed by atoms with Crippen LogP contribution >= 0.6 is 0 Å². The average molecular weight is 284 g/mol. The number of hydrogen-bond donors (Lipinski definition) is 3. The highest BCUT2D eigenvalue weighted by Crippen LogP contribution is 2.37. The summed E-state index contributed by atoms with van der Waals surface area (Å²) in [6.45, 7) is 0.363. The van der Waals surface area contributed by atoms with E-state index in [2.05, 4.69) is 0 Å². The molecular weight excluding hydrogens is 260 g/mol. The first-order valence-corrected chi connectivity index (χ1v) is 7.42. The van der Waals surface area contributed by atoms with Gasteiger partial charge in [-0.1, -0.05) is 25.7 Å². The first-order chi connectivity index (χ1) is 9.50. The topological polar surface area (TPSA) is 104 Å². The predicted octanol–water partition coefficient (Wildman–Crippen LogP) is 0.332. The Labute approximate surface area is 118 Å². The summed E-state index contributed by atoms with van der Waals surface area (Å²) >= 11 is 0. The Morgan fingerprint density at radius 3 is 2.30 bits per heavy atom. The number of aliphatic carboxylic acids is 1. The first-order valence-electron chi connectivity index (χ1n) is 7.42. The number of aliphatic hydroxyl groups is 1. The zero-order valence-corrected chi connectivity index (χ0v) is 11.8. The lowest BCUT2D eigenvalue weighted by Gasteiger charge is -2.35. The maximum atomic E-state index is 12.8. The molecular formula is C14H24N2O4. The Bertz CT molecular complexity index is 377. The molecule has 6 heteroatoms. The number of nitrogens with two attached hydrogens (primary N) is 1. The number of carboxylic acid groups (broad SMARTS) is 1. The van der Waals surface area contributed by atoms with Crippen LogP contribution < -0.4 is 5.73 Å². The second kappa shape index (κ2) is 6.10. The number of carboxylic acids is 1. The number of nitrogens with zero attached hydrogens (tertiary/aromatic N) is 1. The molecule has 1 aliphatic carbocycles. The second-order valence-electron chi connectivity index (χ2n) is 6.10. The minimum atomic E-state index is -1.05. The molecule has 1 saturated carbocycles. The zero-order valence-electron chi connectivity index (χ0n) is 11.8. The highest BCUT2D eigenvalue weighted by molar-refractivity contribution is 5.88. The van der Waals surface area contributed by atoms with Crippen molar-refractivity contribution in [1.82, 2.24) is 4.90 Å². The van der Waals surface area contributed by atoms with Crippen molar-refractivity contribution < 1.29 is 19.8 Å². The number of amides is 1. The van der Waals surface area contributed by atoms with Gasteiger partial charge in [0.2, 0.25) is 5.91 Å². The maximum Gasteiger partial charge on any atom is 0.326 e. The molecule has 2 rings (SSSR count). The molecule has 1 heterocycles. The molecule has 0 aromatic carbocycles. The van der Waals surface area contributed by atoms with Gasteiger partial charge in [-0.05, 0) is 12.8 Å². The van der Waals surface area contributed by atoms with Gasteiger partial charge in [-0.3, -0.25) is 4.79 Å². The Balaban J connectivity index is 2.20. The van der Waals surface area contributed by atoms with Crippen molar-refractivity contribution in [1.29, 1.82) is 0 Å². The molecule has 0 aromatic heterocycles. The number of carbonyl (C=O) groups is 2. The van der Waals surface area contributed by atoms with E-state index in [9.17, 15) is 19.8 Å². The summed E-state index contributed by atoms with van der Waals surface area (Å²) in [7, 11) is 0. The highest BCUT2D eigenvalue weighted by atomic mass is 16.4. The van der Waals surface area contributed by atoms with E-state index >= 15 is 0 Å². The summed E-state index contributed by atoms with van der Waals surface area (Å²) in [5, 5.41) is 18.9. The van der Waals surface area contributed by atoms with Crippen LogP contribution in [0.2, 0.25) is 0 Å². The predicted molar refractivity (Wildman–Crippen MR) is 73.0 cm³/mol. The van der Waals surface area contributed by atoms with E-state index in [0.717, 1.165) is 38.5 Å². The van der Waals surface area contributed by atoms with Gasteiger partial charge in [-0.25, -0.2) is 4.79 Å². The van der Waals surface area contributed by atoms with Crippen LogP contribution in [0.5, 0.6) is 0 Å².